The molecule has 0 aromatic carbocycles. The summed E-state index contributed by atoms with van der Waals surface area (Å²) in [6, 6.07) is 0. The van der Waals surface area contributed by atoms with E-state index in [1.807, 2.05) is 6.92 Å². The van der Waals surface area contributed by atoms with Crippen LogP contribution in [0.4, 0.5) is 0 Å². The summed E-state index contributed by atoms with van der Waals surface area (Å²) < 4.78 is 5.18. The fourth-order valence-corrected chi connectivity index (χ4v) is 2.04. The quantitative estimate of drug-likeness (QED) is 0.582. The van der Waals surface area contributed by atoms with Crippen LogP contribution in [-0.4, -0.2) is 12.1 Å². The Balaban J connectivity index is 3.63. The molecular formula is C14H28O2. The highest BCUT2D eigenvalue weighted by Crippen LogP contribution is 2.19. The van der Waals surface area contributed by atoms with Crippen LogP contribution < -0.4 is 0 Å². The van der Waals surface area contributed by atoms with E-state index in [0.29, 0.717) is 5.92 Å². The van der Waals surface area contributed by atoms with Crippen LogP contribution in [0.2, 0.25) is 0 Å². The van der Waals surface area contributed by atoms with E-state index in [1.165, 1.54) is 32.6 Å². The normalized spacial score (nSPS) is 16.6. The molecule has 96 valence electrons. The maximum Gasteiger partial charge on any atom is 0.302 e. The Labute approximate surface area is 101 Å². The summed E-state index contributed by atoms with van der Waals surface area (Å²) in [6.07, 6.45) is 6.36. The molecule has 0 unspecified atom stereocenters. The predicted octanol–water partition coefficient (Wildman–Crippen LogP) is 4.18. The van der Waals surface area contributed by atoms with E-state index < -0.39 is 0 Å². The van der Waals surface area contributed by atoms with Crippen LogP contribution in [0.5, 0.6) is 0 Å². The molecule has 16 heavy (non-hydrogen) atoms. The van der Waals surface area contributed by atoms with Crippen molar-refractivity contribution in [1.29, 1.82) is 0 Å². The highest BCUT2D eigenvalue weighted by Gasteiger charge is 2.14. The summed E-state index contributed by atoms with van der Waals surface area (Å²) in [5.74, 6) is 1.14. The zero-order valence-electron chi connectivity index (χ0n) is 11.6. The summed E-state index contributed by atoms with van der Waals surface area (Å²) in [4.78, 5) is 10.8. The maximum atomic E-state index is 10.8. The second-order valence-corrected chi connectivity index (χ2v) is 5.12. The molecule has 0 spiro atoms. The van der Waals surface area contributed by atoms with Gasteiger partial charge in [0.15, 0.2) is 0 Å². The number of rotatable bonds is 8. The largest absolute Gasteiger partial charge is 0.463 e. The average Bonchev–Trinajstić information content (AvgIpc) is 2.16. The van der Waals surface area contributed by atoms with Gasteiger partial charge in [-0.05, 0) is 25.2 Å². The van der Waals surface area contributed by atoms with Crippen molar-refractivity contribution in [2.75, 3.05) is 0 Å². The van der Waals surface area contributed by atoms with E-state index in [-0.39, 0.29) is 12.1 Å². The third kappa shape index (κ3) is 7.72. The molecule has 0 aromatic rings. The van der Waals surface area contributed by atoms with Crippen molar-refractivity contribution in [3.63, 3.8) is 0 Å². The lowest BCUT2D eigenvalue weighted by atomic mass is 9.93. The topological polar surface area (TPSA) is 26.3 Å². The van der Waals surface area contributed by atoms with Gasteiger partial charge in [0.25, 0.3) is 0 Å². The molecule has 0 rings (SSSR count). The third-order valence-electron chi connectivity index (χ3n) is 3.29. The maximum absolute atomic E-state index is 10.8. The number of carbonyl (C=O) groups is 1. The smallest absolute Gasteiger partial charge is 0.302 e. The molecule has 0 heterocycles. The molecule has 2 heteroatoms. The number of esters is 1. The molecular weight excluding hydrogens is 200 g/mol. The second kappa shape index (κ2) is 8.60. The molecule has 0 amide bonds. The molecule has 0 saturated heterocycles. The number of hydrogen-bond acceptors (Lipinski definition) is 2. The Hall–Kier alpha value is -0.530. The summed E-state index contributed by atoms with van der Waals surface area (Å²) >= 11 is 0. The molecule has 0 N–H and O–H groups in total. The van der Waals surface area contributed by atoms with E-state index in [0.717, 1.165) is 12.3 Å². The highest BCUT2D eigenvalue weighted by molar-refractivity contribution is 5.66. The summed E-state index contributed by atoms with van der Waals surface area (Å²) in [5.41, 5.74) is 0. The van der Waals surface area contributed by atoms with Gasteiger partial charge in [0.2, 0.25) is 0 Å². The monoisotopic (exact) mass is 228 g/mol. The molecule has 0 aliphatic rings. The zero-order valence-corrected chi connectivity index (χ0v) is 11.6. The third-order valence-corrected chi connectivity index (χ3v) is 3.29. The lowest BCUT2D eigenvalue weighted by molar-refractivity contribution is -0.147. The highest BCUT2D eigenvalue weighted by atomic mass is 16.5. The van der Waals surface area contributed by atoms with E-state index in [9.17, 15) is 4.79 Å². The first-order valence-corrected chi connectivity index (χ1v) is 6.64. The Morgan fingerprint density at radius 2 is 1.75 bits per heavy atom. The minimum Gasteiger partial charge on any atom is -0.463 e. The Morgan fingerprint density at radius 1 is 1.12 bits per heavy atom. The lowest BCUT2D eigenvalue weighted by Crippen LogP contribution is -2.20. The second-order valence-electron chi connectivity index (χ2n) is 5.12. The minimum absolute atomic E-state index is 0.0546. The van der Waals surface area contributed by atoms with E-state index in [1.54, 1.807) is 0 Å². The van der Waals surface area contributed by atoms with Crippen molar-refractivity contribution in [3.8, 4) is 0 Å². The lowest BCUT2D eigenvalue weighted by Gasteiger charge is -2.20. The molecule has 0 saturated carbocycles. The number of ether oxygens (including phenoxy) is 1. The average molecular weight is 228 g/mol. The van der Waals surface area contributed by atoms with Crippen LogP contribution in [0, 0.1) is 11.8 Å². The van der Waals surface area contributed by atoms with Crippen molar-refractivity contribution in [1.82, 2.24) is 0 Å². The molecule has 2 nitrogen and oxygen atoms in total. The summed E-state index contributed by atoms with van der Waals surface area (Å²) in [6.45, 7) is 10.2. The van der Waals surface area contributed by atoms with Crippen LogP contribution in [0.25, 0.3) is 0 Å². The predicted molar refractivity (Wildman–Crippen MR) is 68.3 cm³/mol. The molecule has 0 fully saturated rings. The Kier molecular flexibility index (Phi) is 8.32. The van der Waals surface area contributed by atoms with Gasteiger partial charge in [0.1, 0.15) is 6.10 Å². The molecule has 0 aliphatic heterocycles. The number of hydrogen-bond donors (Lipinski definition) is 0. The molecule has 0 bridgehead atoms. The van der Waals surface area contributed by atoms with Crippen LogP contribution in [0.15, 0.2) is 0 Å². The fraction of sp³-hybridized carbons (Fsp3) is 0.929. The van der Waals surface area contributed by atoms with Crippen LogP contribution in [-0.2, 0) is 9.53 Å². The first-order valence-electron chi connectivity index (χ1n) is 6.64. The number of carbonyl (C=O) groups excluding carboxylic acids is 1. The van der Waals surface area contributed by atoms with Gasteiger partial charge in [0.05, 0.1) is 0 Å². The Bertz CT molecular complexity index is 189. The van der Waals surface area contributed by atoms with Gasteiger partial charge in [-0.2, -0.15) is 0 Å². The van der Waals surface area contributed by atoms with Crippen molar-refractivity contribution >= 4 is 5.97 Å². The summed E-state index contributed by atoms with van der Waals surface area (Å²) in [7, 11) is 0. The zero-order chi connectivity index (χ0) is 12.6. The molecule has 3 atom stereocenters. The van der Waals surface area contributed by atoms with Gasteiger partial charge in [-0.15, -0.1) is 0 Å². The van der Waals surface area contributed by atoms with Crippen molar-refractivity contribution in [3.05, 3.63) is 0 Å². The van der Waals surface area contributed by atoms with Crippen LogP contribution >= 0.6 is 0 Å². The minimum atomic E-state index is -0.168. The van der Waals surface area contributed by atoms with Crippen LogP contribution in [0.1, 0.15) is 66.7 Å². The first kappa shape index (κ1) is 15.5. The fourth-order valence-electron chi connectivity index (χ4n) is 2.04. The molecule has 0 aliphatic carbocycles. The van der Waals surface area contributed by atoms with Gasteiger partial charge >= 0.3 is 5.97 Å². The van der Waals surface area contributed by atoms with Gasteiger partial charge in [-0.25, -0.2) is 0 Å². The van der Waals surface area contributed by atoms with Crippen LogP contribution in [0.3, 0.4) is 0 Å². The molecule has 0 aromatic heterocycles. The SMILES string of the molecule is CCC[C@@H](C)CCC[C@H](C)[C@H](C)OC(C)=O. The standard InChI is InChI=1S/C14H28O2/c1-6-8-11(2)9-7-10-12(3)13(4)16-14(5)15/h11-13H,6-10H2,1-5H3/t11-,12+,13+/m1/s1. The summed E-state index contributed by atoms with van der Waals surface area (Å²) in [5, 5.41) is 0. The van der Waals surface area contributed by atoms with Gasteiger partial charge < -0.3 is 4.74 Å². The van der Waals surface area contributed by atoms with E-state index in [2.05, 4.69) is 20.8 Å². The van der Waals surface area contributed by atoms with Gasteiger partial charge in [-0.3, -0.25) is 4.79 Å². The van der Waals surface area contributed by atoms with Crippen molar-refractivity contribution < 1.29 is 9.53 Å². The van der Waals surface area contributed by atoms with Gasteiger partial charge in [-0.1, -0.05) is 46.5 Å². The van der Waals surface area contributed by atoms with E-state index in [4.69, 9.17) is 4.74 Å². The molecule has 0 radical (unpaired) electrons. The van der Waals surface area contributed by atoms with E-state index >= 15 is 0 Å². The van der Waals surface area contributed by atoms with Gasteiger partial charge in [0, 0.05) is 6.92 Å². The van der Waals surface area contributed by atoms with Crippen molar-refractivity contribution in [2.24, 2.45) is 11.8 Å². The van der Waals surface area contributed by atoms with Crippen molar-refractivity contribution in [2.45, 2.75) is 72.8 Å². The Morgan fingerprint density at radius 3 is 2.25 bits per heavy atom. The first-order chi connectivity index (χ1) is 7.47.